The summed E-state index contributed by atoms with van der Waals surface area (Å²) in [4.78, 5) is 39.2. The Kier molecular flexibility index (Phi) is 6.58. The molecule has 0 bridgehead atoms. The zero-order valence-corrected chi connectivity index (χ0v) is 17.8. The number of nitrogens with one attached hydrogen (secondary N) is 2. The third kappa shape index (κ3) is 4.85. The Morgan fingerprint density at radius 3 is 2.55 bits per heavy atom. The number of hydrogen-bond acceptors (Lipinski definition) is 5. The van der Waals surface area contributed by atoms with E-state index in [-0.39, 0.29) is 17.2 Å². The van der Waals surface area contributed by atoms with Gasteiger partial charge in [-0.15, -0.1) is 0 Å². The Balaban J connectivity index is 1.84. The monoisotopic (exact) mass is 432 g/mol. The van der Waals surface area contributed by atoms with Gasteiger partial charge in [0.05, 0.1) is 5.69 Å². The van der Waals surface area contributed by atoms with Gasteiger partial charge in [0, 0.05) is 6.54 Å². The van der Waals surface area contributed by atoms with Gasteiger partial charge in [-0.05, 0) is 61.0 Å². The molecule has 8 heteroatoms. The first-order chi connectivity index (χ1) is 14.8. The van der Waals surface area contributed by atoms with Crippen LogP contribution < -0.4 is 15.5 Å². The SMILES string of the molecule is Cc1ccc(N2C(=O)[C@H](/C=C(\C#N)C(=O)NCc3ccccc3)C(=O)NC2=S)cc1C. The molecule has 2 aromatic carbocycles. The molecule has 31 heavy (non-hydrogen) atoms. The summed E-state index contributed by atoms with van der Waals surface area (Å²) in [5.74, 6) is -3.33. The summed E-state index contributed by atoms with van der Waals surface area (Å²) in [5, 5.41) is 14.5. The van der Waals surface area contributed by atoms with Gasteiger partial charge in [-0.25, -0.2) is 0 Å². The van der Waals surface area contributed by atoms with Gasteiger partial charge < -0.3 is 10.6 Å². The molecular weight excluding hydrogens is 412 g/mol. The molecule has 3 amide bonds. The fourth-order valence-corrected chi connectivity index (χ4v) is 3.35. The lowest BCUT2D eigenvalue weighted by Gasteiger charge is -2.31. The van der Waals surface area contributed by atoms with Crippen molar-refractivity contribution in [3.05, 3.63) is 76.9 Å². The van der Waals surface area contributed by atoms with Crippen molar-refractivity contribution in [2.24, 2.45) is 5.92 Å². The van der Waals surface area contributed by atoms with Crippen LogP contribution in [0.15, 0.2) is 60.2 Å². The lowest BCUT2D eigenvalue weighted by Crippen LogP contribution is -2.57. The van der Waals surface area contributed by atoms with E-state index in [9.17, 15) is 19.6 Å². The van der Waals surface area contributed by atoms with Gasteiger partial charge in [0.25, 0.3) is 5.91 Å². The van der Waals surface area contributed by atoms with E-state index in [4.69, 9.17) is 12.2 Å². The van der Waals surface area contributed by atoms with Crippen molar-refractivity contribution in [1.82, 2.24) is 10.6 Å². The van der Waals surface area contributed by atoms with Crippen molar-refractivity contribution in [1.29, 1.82) is 5.26 Å². The Bertz CT molecular complexity index is 1140. The summed E-state index contributed by atoms with van der Waals surface area (Å²) in [6, 6.07) is 16.3. The van der Waals surface area contributed by atoms with Crippen molar-refractivity contribution in [3.63, 3.8) is 0 Å². The van der Waals surface area contributed by atoms with Crippen LogP contribution in [0.3, 0.4) is 0 Å². The number of rotatable bonds is 5. The highest BCUT2D eigenvalue weighted by molar-refractivity contribution is 7.80. The number of nitrogens with zero attached hydrogens (tertiary/aromatic N) is 2. The van der Waals surface area contributed by atoms with Crippen LogP contribution in [0.2, 0.25) is 0 Å². The van der Waals surface area contributed by atoms with Crippen LogP contribution in [0.1, 0.15) is 16.7 Å². The van der Waals surface area contributed by atoms with E-state index < -0.39 is 23.6 Å². The Labute approximate surface area is 185 Å². The van der Waals surface area contributed by atoms with E-state index in [0.29, 0.717) is 5.69 Å². The second kappa shape index (κ2) is 9.32. The highest BCUT2D eigenvalue weighted by Gasteiger charge is 2.38. The molecule has 0 spiro atoms. The van der Waals surface area contributed by atoms with Crippen LogP contribution in [0.5, 0.6) is 0 Å². The molecule has 0 aliphatic carbocycles. The molecule has 156 valence electrons. The Morgan fingerprint density at radius 2 is 1.90 bits per heavy atom. The molecular formula is C23H20N4O3S. The van der Waals surface area contributed by atoms with Crippen LogP contribution in [0.4, 0.5) is 5.69 Å². The second-order valence-electron chi connectivity index (χ2n) is 7.07. The van der Waals surface area contributed by atoms with Crippen molar-refractivity contribution in [2.75, 3.05) is 4.90 Å². The average Bonchev–Trinajstić information content (AvgIpc) is 2.75. The molecule has 0 radical (unpaired) electrons. The summed E-state index contributed by atoms with van der Waals surface area (Å²) < 4.78 is 0. The third-order valence-corrected chi connectivity index (χ3v) is 5.23. The zero-order valence-electron chi connectivity index (χ0n) is 17.0. The predicted molar refractivity (Wildman–Crippen MR) is 120 cm³/mol. The van der Waals surface area contributed by atoms with E-state index in [1.54, 1.807) is 18.2 Å². The topological polar surface area (TPSA) is 102 Å². The number of carbonyl (C=O) groups is 3. The molecule has 0 unspecified atom stereocenters. The van der Waals surface area contributed by atoms with Crippen molar-refractivity contribution in [2.45, 2.75) is 20.4 Å². The van der Waals surface area contributed by atoms with Crippen molar-refractivity contribution in [3.8, 4) is 6.07 Å². The van der Waals surface area contributed by atoms with Crippen LogP contribution >= 0.6 is 12.2 Å². The first kappa shape index (κ1) is 21.9. The van der Waals surface area contributed by atoms with Crippen molar-refractivity contribution < 1.29 is 14.4 Å². The van der Waals surface area contributed by atoms with Gasteiger partial charge >= 0.3 is 0 Å². The molecule has 1 saturated heterocycles. The summed E-state index contributed by atoms with van der Waals surface area (Å²) in [5.41, 5.74) is 3.03. The van der Waals surface area contributed by atoms with Gasteiger partial charge in [0.1, 0.15) is 17.6 Å². The number of nitriles is 1. The van der Waals surface area contributed by atoms with Gasteiger partial charge in [-0.2, -0.15) is 5.26 Å². The minimum atomic E-state index is -1.36. The maximum Gasteiger partial charge on any atom is 0.261 e. The molecule has 1 aliphatic heterocycles. The van der Waals surface area contributed by atoms with Gasteiger partial charge in [0.15, 0.2) is 5.11 Å². The molecule has 1 fully saturated rings. The smallest absolute Gasteiger partial charge is 0.261 e. The van der Waals surface area contributed by atoms with E-state index >= 15 is 0 Å². The number of hydrogen-bond donors (Lipinski definition) is 2. The average molecular weight is 433 g/mol. The number of aryl methyl sites for hydroxylation is 2. The predicted octanol–water partition coefficient (Wildman–Crippen LogP) is 2.43. The molecule has 1 heterocycles. The number of benzene rings is 2. The molecule has 3 rings (SSSR count). The first-order valence-corrected chi connectivity index (χ1v) is 9.92. The summed E-state index contributed by atoms with van der Waals surface area (Å²) in [7, 11) is 0. The van der Waals surface area contributed by atoms with Crippen LogP contribution in [0, 0.1) is 31.1 Å². The minimum Gasteiger partial charge on any atom is -0.347 e. The molecule has 7 nitrogen and oxygen atoms in total. The zero-order chi connectivity index (χ0) is 22.5. The standard InChI is InChI=1S/C23H20N4O3S/c1-14-8-9-18(10-15(14)2)27-22(30)19(21(29)26-23(27)31)11-17(12-24)20(28)25-13-16-6-4-3-5-7-16/h3-11,19H,13H2,1-2H3,(H,25,28)(H,26,29,31)/b17-11+/t19-/m1/s1. The van der Waals surface area contributed by atoms with Crippen LogP contribution in [-0.2, 0) is 20.9 Å². The van der Waals surface area contributed by atoms with E-state index in [0.717, 1.165) is 22.8 Å². The lowest BCUT2D eigenvalue weighted by molar-refractivity contribution is -0.131. The Morgan fingerprint density at radius 1 is 1.19 bits per heavy atom. The first-order valence-electron chi connectivity index (χ1n) is 9.52. The number of anilines is 1. The lowest BCUT2D eigenvalue weighted by atomic mass is 10.00. The highest BCUT2D eigenvalue weighted by atomic mass is 32.1. The largest absolute Gasteiger partial charge is 0.347 e. The minimum absolute atomic E-state index is 0.0464. The Hall–Kier alpha value is -3.83. The van der Waals surface area contributed by atoms with Gasteiger partial charge in [-0.1, -0.05) is 36.4 Å². The molecule has 0 aromatic heterocycles. The van der Waals surface area contributed by atoms with E-state index in [1.165, 1.54) is 4.90 Å². The normalized spacial score (nSPS) is 16.5. The van der Waals surface area contributed by atoms with Crippen LogP contribution in [-0.4, -0.2) is 22.8 Å². The number of amides is 3. The summed E-state index contributed by atoms with van der Waals surface area (Å²) in [6.07, 6.45) is 1.08. The van der Waals surface area contributed by atoms with E-state index in [1.807, 2.05) is 50.2 Å². The highest BCUT2D eigenvalue weighted by Crippen LogP contribution is 2.24. The fourth-order valence-electron chi connectivity index (χ4n) is 3.05. The maximum absolute atomic E-state index is 13.1. The van der Waals surface area contributed by atoms with Gasteiger partial charge in [0.2, 0.25) is 11.8 Å². The summed E-state index contributed by atoms with van der Waals surface area (Å²) in [6.45, 7) is 4.05. The maximum atomic E-state index is 13.1. The molecule has 2 aromatic rings. The quantitative estimate of drug-likeness (QED) is 0.327. The molecule has 1 aliphatic rings. The van der Waals surface area contributed by atoms with Gasteiger partial charge in [-0.3, -0.25) is 19.3 Å². The summed E-state index contributed by atoms with van der Waals surface area (Å²) >= 11 is 5.19. The number of carbonyl (C=O) groups excluding carboxylic acids is 3. The third-order valence-electron chi connectivity index (χ3n) is 4.95. The molecule has 0 saturated carbocycles. The van der Waals surface area contributed by atoms with E-state index in [2.05, 4.69) is 10.6 Å². The van der Waals surface area contributed by atoms with Crippen LogP contribution in [0.25, 0.3) is 0 Å². The molecule has 1 atom stereocenters. The van der Waals surface area contributed by atoms with Crippen molar-refractivity contribution >= 4 is 40.7 Å². The second-order valence-corrected chi connectivity index (χ2v) is 7.46. The molecule has 2 N–H and O–H groups in total. The fraction of sp³-hybridized carbons (Fsp3) is 0.174. The number of thiocarbonyl (C=S) groups is 1.